The van der Waals surface area contributed by atoms with Crippen LogP contribution in [0.1, 0.15) is 25.0 Å². The summed E-state index contributed by atoms with van der Waals surface area (Å²) in [5, 5.41) is 3.42. The highest BCUT2D eigenvalue weighted by atomic mass is 19.1. The second-order valence-corrected chi connectivity index (χ2v) is 5.48. The minimum atomic E-state index is -0.162. The third-order valence-electron chi connectivity index (χ3n) is 3.41. The molecule has 0 aliphatic heterocycles. The summed E-state index contributed by atoms with van der Waals surface area (Å²) in [5.74, 6) is 0.437. The fraction of sp³-hybridized carbons (Fsp3) is 0.600. The quantitative estimate of drug-likeness (QED) is 0.837. The number of hydrogen-bond acceptors (Lipinski definition) is 2. The predicted octanol–water partition coefficient (Wildman–Crippen LogP) is 2.81. The van der Waals surface area contributed by atoms with Crippen molar-refractivity contribution in [2.24, 2.45) is 5.92 Å². The average Bonchev–Trinajstić information content (AvgIpc) is 2.27. The van der Waals surface area contributed by atoms with Crippen molar-refractivity contribution in [2.75, 3.05) is 20.6 Å². The summed E-state index contributed by atoms with van der Waals surface area (Å²) in [4.78, 5) is 2.23. The molecule has 0 radical (unpaired) electrons. The van der Waals surface area contributed by atoms with Gasteiger partial charge in [0.15, 0.2) is 0 Å². The molecule has 1 rings (SSSR count). The molecular weight excluding hydrogens is 227 g/mol. The van der Waals surface area contributed by atoms with Crippen molar-refractivity contribution in [1.29, 1.82) is 0 Å². The topological polar surface area (TPSA) is 15.3 Å². The molecule has 0 aromatic heterocycles. The van der Waals surface area contributed by atoms with E-state index < -0.39 is 0 Å². The van der Waals surface area contributed by atoms with Gasteiger partial charge in [0.05, 0.1) is 0 Å². The molecule has 1 unspecified atom stereocenters. The number of hydrogen-bond donors (Lipinski definition) is 1. The summed E-state index contributed by atoms with van der Waals surface area (Å²) in [7, 11) is 4.19. The second-order valence-electron chi connectivity index (χ2n) is 5.48. The number of aryl methyl sites for hydroxylation is 1. The molecule has 1 aromatic rings. The maximum atomic E-state index is 13.2. The molecule has 18 heavy (non-hydrogen) atoms. The van der Waals surface area contributed by atoms with Crippen molar-refractivity contribution in [3.63, 3.8) is 0 Å². The Hall–Kier alpha value is -0.930. The van der Waals surface area contributed by atoms with E-state index in [0.717, 1.165) is 24.2 Å². The van der Waals surface area contributed by atoms with Crippen LogP contribution in [0.15, 0.2) is 18.2 Å². The molecule has 0 heterocycles. The first-order valence-electron chi connectivity index (χ1n) is 6.54. The molecule has 2 nitrogen and oxygen atoms in total. The highest BCUT2D eigenvalue weighted by Gasteiger charge is 2.14. The SMILES string of the molecule is Cc1ccc(F)cc1CNCC(C(C)C)N(C)C. The van der Waals surface area contributed by atoms with E-state index in [1.807, 2.05) is 13.0 Å². The Morgan fingerprint density at radius 3 is 2.50 bits per heavy atom. The molecule has 0 spiro atoms. The summed E-state index contributed by atoms with van der Waals surface area (Å²) in [6.07, 6.45) is 0. The summed E-state index contributed by atoms with van der Waals surface area (Å²) in [5.41, 5.74) is 2.17. The summed E-state index contributed by atoms with van der Waals surface area (Å²) in [6, 6.07) is 5.45. The second kappa shape index (κ2) is 6.86. The third kappa shape index (κ3) is 4.39. The Labute approximate surface area is 110 Å². The van der Waals surface area contributed by atoms with Crippen molar-refractivity contribution >= 4 is 0 Å². The first-order valence-corrected chi connectivity index (χ1v) is 6.54. The van der Waals surface area contributed by atoms with E-state index in [1.54, 1.807) is 6.07 Å². The molecule has 0 fully saturated rings. The van der Waals surface area contributed by atoms with E-state index in [0.29, 0.717) is 12.0 Å². The van der Waals surface area contributed by atoms with Crippen LogP contribution < -0.4 is 5.32 Å². The van der Waals surface area contributed by atoms with Gasteiger partial charge in [0, 0.05) is 19.1 Å². The fourth-order valence-corrected chi connectivity index (χ4v) is 2.20. The van der Waals surface area contributed by atoms with Crippen LogP contribution in [0.3, 0.4) is 0 Å². The third-order valence-corrected chi connectivity index (χ3v) is 3.41. The van der Waals surface area contributed by atoms with Crippen LogP contribution in [0.4, 0.5) is 4.39 Å². The molecule has 0 aliphatic rings. The number of nitrogens with one attached hydrogen (secondary N) is 1. The van der Waals surface area contributed by atoms with Gasteiger partial charge >= 0.3 is 0 Å². The number of halogens is 1. The number of rotatable bonds is 6. The fourth-order valence-electron chi connectivity index (χ4n) is 2.20. The molecule has 1 aromatic carbocycles. The lowest BCUT2D eigenvalue weighted by molar-refractivity contribution is 0.224. The van der Waals surface area contributed by atoms with Gasteiger partial charge in [-0.25, -0.2) is 4.39 Å². The van der Waals surface area contributed by atoms with Crippen LogP contribution in [0, 0.1) is 18.7 Å². The molecule has 0 aliphatic carbocycles. The van der Waals surface area contributed by atoms with E-state index in [9.17, 15) is 4.39 Å². The lowest BCUT2D eigenvalue weighted by Gasteiger charge is -2.28. The molecular formula is C15H25FN2. The lowest BCUT2D eigenvalue weighted by Crippen LogP contribution is -2.41. The van der Waals surface area contributed by atoms with E-state index in [-0.39, 0.29) is 5.82 Å². The molecule has 0 bridgehead atoms. The van der Waals surface area contributed by atoms with Gasteiger partial charge in [0.2, 0.25) is 0 Å². The molecule has 102 valence electrons. The van der Waals surface area contributed by atoms with Gasteiger partial charge < -0.3 is 10.2 Å². The van der Waals surface area contributed by atoms with Gasteiger partial charge in [-0.2, -0.15) is 0 Å². The highest BCUT2D eigenvalue weighted by molar-refractivity contribution is 5.26. The highest BCUT2D eigenvalue weighted by Crippen LogP contribution is 2.11. The van der Waals surface area contributed by atoms with Gasteiger partial charge in [0.25, 0.3) is 0 Å². The van der Waals surface area contributed by atoms with Crippen LogP contribution in [0.2, 0.25) is 0 Å². The van der Waals surface area contributed by atoms with E-state index in [4.69, 9.17) is 0 Å². The number of likely N-dealkylation sites (N-methyl/N-ethyl adjacent to an activating group) is 1. The largest absolute Gasteiger partial charge is 0.311 e. The standard InChI is InChI=1S/C15H25FN2/c1-11(2)15(18(4)5)10-17-9-13-8-14(16)7-6-12(13)3/h6-8,11,15,17H,9-10H2,1-5H3. The van der Waals surface area contributed by atoms with Crippen molar-refractivity contribution in [3.8, 4) is 0 Å². The first-order chi connectivity index (χ1) is 8.41. The predicted molar refractivity (Wildman–Crippen MR) is 75.2 cm³/mol. The van der Waals surface area contributed by atoms with E-state index in [1.165, 1.54) is 6.07 Å². The number of nitrogens with zero attached hydrogens (tertiary/aromatic N) is 1. The van der Waals surface area contributed by atoms with Gasteiger partial charge in [-0.1, -0.05) is 19.9 Å². The molecule has 1 atom stereocenters. The van der Waals surface area contributed by atoms with Crippen molar-refractivity contribution in [3.05, 3.63) is 35.1 Å². The van der Waals surface area contributed by atoms with E-state index >= 15 is 0 Å². The Balaban J connectivity index is 2.52. The first kappa shape index (κ1) is 15.1. The van der Waals surface area contributed by atoms with Crippen molar-refractivity contribution in [1.82, 2.24) is 10.2 Å². The van der Waals surface area contributed by atoms with Crippen LogP contribution in [0.25, 0.3) is 0 Å². The van der Waals surface area contributed by atoms with Crippen LogP contribution in [0.5, 0.6) is 0 Å². The smallest absolute Gasteiger partial charge is 0.123 e. The van der Waals surface area contributed by atoms with Gasteiger partial charge in [-0.3, -0.25) is 0 Å². The molecule has 0 amide bonds. The summed E-state index contributed by atoms with van der Waals surface area (Å²) in [6.45, 7) is 8.10. The van der Waals surface area contributed by atoms with Gasteiger partial charge in [0.1, 0.15) is 5.82 Å². The normalized spacial score (nSPS) is 13.3. The maximum absolute atomic E-state index is 13.2. The maximum Gasteiger partial charge on any atom is 0.123 e. The molecule has 1 N–H and O–H groups in total. The van der Waals surface area contributed by atoms with Crippen LogP contribution in [-0.2, 0) is 6.54 Å². The van der Waals surface area contributed by atoms with Crippen LogP contribution in [-0.4, -0.2) is 31.6 Å². The molecule has 3 heteroatoms. The zero-order valence-corrected chi connectivity index (χ0v) is 12.1. The Morgan fingerprint density at radius 1 is 1.28 bits per heavy atom. The Morgan fingerprint density at radius 2 is 1.94 bits per heavy atom. The van der Waals surface area contributed by atoms with Crippen molar-refractivity contribution in [2.45, 2.75) is 33.4 Å². The van der Waals surface area contributed by atoms with Crippen LogP contribution >= 0.6 is 0 Å². The average molecular weight is 252 g/mol. The summed E-state index contributed by atoms with van der Waals surface area (Å²) < 4.78 is 13.2. The Bertz CT molecular complexity index is 367. The monoisotopic (exact) mass is 252 g/mol. The Kier molecular flexibility index (Phi) is 5.76. The van der Waals surface area contributed by atoms with Gasteiger partial charge in [-0.15, -0.1) is 0 Å². The summed E-state index contributed by atoms with van der Waals surface area (Å²) >= 11 is 0. The minimum absolute atomic E-state index is 0.162. The van der Waals surface area contributed by atoms with Crippen molar-refractivity contribution < 1.29 is 4.39 Å². The van der Waals surface area contributed by atoms with Gasteiger partial charge in [-0.05, 0) is 50.2 Å². The minimum Gasteiger partial charge on any atom is -0.311 e. The van der Waals surface area contributed by atoms with E-state index in [2.05, 4.69) is 38.2 Å². The molecule has 0 saturated carbocycles. The number of benzene rings is 1. The molecule has 0 saturated heterocycles. The zero-order chi connectivity index (χ0) is 13.7. The zero-order valence-electron chi connectivity index (χ0n) is 12.1. The lowest BCUT2D eigenvalue weighted by atomic mass is 10.0.